The highest BCUT2D eigenvalue weighted by atomic mass is 79.9. The largest absolute Gasteiger partial charge is 0.313 e. The van der Waals surface area contributed by atoms with Gasteiger partial charge < -0.3 is 5.32 Å². The van der Waals surface area contributed by atoms with E-state index in [2.05, 4.69) is 35.1 Å². The molecule has 0 amide bonds. The Morgan fingerprint density at radius 2 is 2.22 bits per heavy atom. The number of halogens is 2. The van der Waals surface area contributed by atoms with Crippen molar-refractivity contribution in [3.8, 4) is 0 Å². The maximum absolute atomic E-state index is 13.1. The second-order valence-electron chi connectivity index (χ2n) is 5.38. The van der Waals surface area contributed by atoms with Crippen LogP contribution in [0, 0.1) is 17.7 Å². The van der Waals surface area contributed by atoms with E-state index in [4.69, 9.17) is 0 Å². The standard InChI is InChI=1S/C15H21BrFN/c1-3-6-18-15(13-7-10(13)2)8-11-4-5-12(17)9-14(11)16/h4-5,9-10,13,15,18H,3,6-8H2,1-2H3. The minimum atomic E-state index is -0.177. The molecule has 0 aromatic heterocycles. The number of hydrogen-bond acceptors (Lipinski definition) is 1. The molecular formula is C15H21BrFN. The molecule has 1 saturated carbocycles. The minimum absolute atomic E-state index is 0.177. The normalized spacial score (nSPS) is 24.0. The third-order valence-electron chi connectivity index (χ3n) is 3.80. The summed E-state index contributed by atoms with van der Waals surface area (Å²) in [5, 5.41) is 3.64. The Morgan fingerprint density at radius 1 is 1.50 bits per heavy atom. The van der Waals surface area contributed by atoms with Crippen LogP contribution in [0.3, 0.4) is 0 Å². The van der Waals surface area contributed by atoms with Crippen LogP contribution >= 0.6 is 15.9 Å². The third kappa shape index (κ3) is 3.55. The SMILES string of the molecule is CCCNC(Cc1ccc(F)cc1Br)C1CC1C. The first-order valence-electron chi connectivity index (χ1n) is 6.79. The van der Waals surface area contributed by atoms with Crippen molar-refractivity contribution in [3.05, 3.63) is 34.1 Å². The van der Waals surface area contributed by atoms with E-state index in [0.717, 1.165) is 35.7 Å². The van der Waals surface area contributed by atoms with E-state index in [1.54, 1.807) is 12.1 Å². The maximum Gasteiger partial charge on any atom is 0.124 e. The molecule has 1 fully saturated rings. The second kappa shape index (κ2) is 6.16. The van der Waals surface area contributed by atoms with Crippen LogP contribution in [0.15, 0.2) is 22.7 Å². The Morgan fingerprint density at radius 3 is 2.78 bits per heavy atom. The monoisotopic (exact) mass is 313 g/mol. The van der Waals surface area contributed by atoms with Crippen molar-refractivity contribution in [3.63, 3.8) is 0 Å². The molecule has 0 heterocycles. The average molecular weight is 314 g/mol. The summed E-state index contributed by atoms with van der Waals surface area (Å²) in [4.78, 5) is 0. The summed E-state index contributed by atoms with van der Waals surface area (Å²) in [5.41, 5.74) is 1.20. The van der Waals surface area contributed by atoms with E-state index in [1.807, 2.05) is 6.07 Å². The third-order valence-corrected chi connectivity index (χ3v) is 4.54. The van der Waals surface area contributed by atoms with E-state index in [1.165, 1.54) is 12.0 Å². The summed E-state index contributed by atoms with van der Waals surface area (Å²) in [7, 11) is 0. The second-order valence-corrected chi connectivity index (χ2v) is 6.23. The minimum Gasteiger partial charge on any atom is -0.313 e. The van der Waals surface area contributed by atoms with Crippen molar-refractivity contribution < 1.29 is 4.39 Å². The molecule has 0 bridgehead atoms. The highest BCUT2D eigenvalue weighted by molar-refractivity contribution is 9.10. The molecule has 2 rings (SSSR count). The van der Waals surface area contributed by atoms with Gasteiger partial charge in [0.05, 0.1) is 0 Å². The van der Waals surface area contributed by atoms with E-state index in [0.29, 0.717) is 6.04 Å². The van der Waals surface area contributed by atoms with Gasteiger partial charge in [-0.3, -0.25) is 0 Å². The molecule has 3 heteroatoms. The Hall–Kier alpha value is -0.410. The van der Waals surface area contributed by atoms with Gasteiger partial charge in [0, 0.05) is 10.5 Å². The molecule has 3 unspecified atom stereocenters. The van der Waals surface area contributed by atoms with Gasteiger partial charge in [-0.05, 0) is 55.3 Å². The Balaban J connectivity index is 2.03. The lowest BCUT2D eigenvalue weighted by Gasteiger charge is -2.19. The van der Waals surface area contributed by atoms with Gasteiger partial charge in [0.25, 0.3) is 0 Å². The fourth-order valence-corrected chi connectivity index (χ4v) is 3.05. The molecule has 1 nitrogen and oxygen atoms in total. The van der Waals surface area contributed by atoms with Gasteiger partial charge in [0.15, 0.2) is 0 Å². The lowest BCUT2D eigenvalue weighted by molar-refractivity contribution is 0.443. The predicted molar refractivity (Wildman–Crippen MR) is 77.2 cm³/mol. The van der Waals surface area contributed by atoms with Gasteiger partial charge in [0.1, 0.15) is 5.82 Å². The number of rotatable bonds is 6. The molecule has 1 aromatic carbocycles. The van der Waals surface area contributed by atoms with Gasteiger partial charge in [-0.15, -0.1) is 0 Å². The predicted octanol–water partition coefficient (Wildman–Crippen LogP) is 4.15. The van der Waals surface area contributed by atoms with E-state index < -0.39 is 0 Å². The summed E-state index contributed by atoms with van der Waals surface area (Å²) < 4.78 is 14.0. The highest BCUT2D eigenvalue weighted by Crippen LogP contribution is 2.41. The molecule has 0 aliphatic heterocycles. The lowest BCUT2D eigenvalue weighted by Crippen LogP contribution is -2.34. The molecule has 3 atom stereocenters. The van der Waals surface area contributed by atoms with Gasteiger partial charge in [-0.2, -0.15) is 0 Å². The fourth-order valence-electron chi connectivity index (χ4n) is 2.54. The summed E-state index contributed by atoms with van der Waals surface area (Å²) >= 11 is 3.46. The molecule has 1 N–H and O–H groups in total. The summed E-state index contributed by atoms with van der Waals surface area (Å²) in [6.45, 7) is 5.56. The molecule has 1 aromatic rings. The van der Waals surface area contributed by atoms with Crippen LogP contribution in [-0.4, -0.2) is 12.6 Å². The summed E-state index contributed by atoms with van der Waals surface area (Å²) in [6.07, 6.45) is 3.46. The first-order valence-corrected chi connectivity index (χ1v) is 7.58. The Labute approximate surface area is 117 Å². The molecule has 0 radical (unpaired) electrons. The first-order chi connectivity index (χ1) is 8.61. The van der Waals surface area contributed by atoms with Crippen LogP contribution in [0.25, 0.3) is 0 Å². The molecular weight excluding hydrogens is 293 g/mol. The molecule has 100 valence electrons. The first kappa shape index (κ1) is 14.0. The van der Waals surface area contributed by atoms with Crippen molar-refractivity contribution in [2.24, 2.45) is 11.8 Å². The van der Waals surface area contributed by atoms with Crippen molar-refractivity contribution in [2.45, 2.75) is 39.2 Å². The average Bonchev–Trinajstić information content (AvgIpc) is 3.04. The molecule has 1 aliphatic rings. The Bertz CT molecular complexity index is 407. The zero-order valence-corrected chi connectivity index (χ0v) is 12.6. The zero-order valence-electron chi connectivity index (χ0n) is 11.0. The quantitative estimate of drug-likeness (QED) is 0.831. The Kier molecular flexibility index (Phi) is 4.79. The van der Waals surface area contributed by atoms with Crippen molar-refractivity contribution in [2.75, 3.05) is 6.54 Å². The van der Waals surface area contributed by atoms with Gasteiger partial charge in [-0.25, -0.2) is 4.39 Å². The molecule has 18 heavy (non-hydrogen) atoms. The van der Waals surface area contributed by atoms with Crippen LogP contribution in [0.2, 0.25) is 0 Å². The van der Waals surface area contributed by atoms with E-state index >= 15 is 0 Å². The highest BCUT2D eigenvalue weighted by Gasteiger charge is 2.39. The van der Waals surface area contributed by atoms with Crippen LogP contribution in [0.5, 0.6) is 0 Å². The molecule has 1 aliphatic carbocycles. The maximum atomic E-state index is 13.1. The van der Waals surface area contributed by atoms with Gasteiger partial charge in [0.2, 0.25) is 0 Å². The molecule has 0 saturated heterocycles. The van der Waals surface area contributed by atoms with Gasteiger partial charge in [-0.1, -0.05) is 35.8 Å². The summed E-state index contributed by atoms with van der Waals surface area (Å²) in [6, 6.07) is 5.53. The number of nitrogens with one attached hydrogen (secondary N) is 1. The zero-order chi connectivity index (χ0) is 13.1. The smallest absolute Gasteiger partial charge is 0.124 e. The summed E-state index contributed by atoms with van der Waals surface area (Å²) in [5.74, 6) is 1.44. The topological polar surface area (TPSA) is 12.0 Å². The van der Waals surface area contributed by atoms with E-state index in [-0.39, 0.29) is 5.82 Å². The van der Waals surface area contributed by atoms with Crippen molar-refractivity contribution >= 4 is 15.9 Å². The number of hydrogen-bond donors (Lipinski definition) is 1. The molecule has 0 spiro atoms. The van der Waals surface area contributed by atoms with Crippen molar-refractivity contribution in [1.82, 2.24) is 5.32 Å². The van der Waals surface area contributed by atoms with Crippen LogP contribution < -0.4 is 5.32 Å². The van der Waals surface area contributed by atoms with Crippen LogP contribution in [-0.2, 0) is 6.42 Å². The van der Waals surface area contributed by atoms with Gasteiger partial charge >= 0.3 is 0 Å². The number of benzene rings is 1. The lowest BCUT2D eigenvalue weighted by atomic mass is 10.0. The van der Waals surface area contributed by atoms with Crippen LogP contribution in [0.4, 0.5) is 4.39 Å². The fraction of sp³-hybridized carbons (Fsp3) is 0.600. The van der Waals surface area contributed by atoms with E-state index in [9.17, 15) is 4.39 Å². The van der Waals surface area contributed by atoms with Crippen molar-refractivity contribution in [1.29, 1.82) is 0 Å². The van der Waals surface area contributed by atoms with Crippen LogP contribution in [0.1, 0.15) is 32.3 Å².